The number of nitrogens with zero attached hydrogens (tertiary/aromatic N) is 4. The Morgan fingerprint density at radius 3 is 1.81 bits per heavy atom. The molecule has 6 aromatic rings. The number of aliphatic hydroxyl groups excluding tert-OH is 1. The largest absolute Gasteiger partial charge is 0.497 e. The van der Waals surface area contributed by atoms with Crippen molar-refractivity contribution in [3.05, 3.63) is 135 Å². The van der Waals surface area contributed by atoms with Crippen molar-refractivity contribution in [3.8, 4) is 38.1 Å². The molecule has 16 nitrogen and oxygen atoms in total. The first-order chi connectivity index (χ1) is 35.9. The number of aryl methyl sites for hydroxylation is 4. The van der Waals surface area contributed by atoms with Gasteiger partial charge in [-0.25, -0.2) is 9.97 Å². The number of aliphatic hydroxyl groups is 1. The van der Waals surface area contributed by atoms with Gasteiger partial charge in [-0.3, -0.25) is 24.0 Å². The number of nitrogens with one attached hydrogen (secondary N) is 3. The van der Waals surface area contributed by atoms with Crippen LogP contribution in [-0.4, -0.2) is 112 Å². The molecule has 2 aromatic heterocycles. The van der Waals surface area contributed by atoms with Crippen LogP contribution < -0.4 is 30.2 Å². The van der Waals surface area contributed by atoms with Crippen LogP contribution in [0.4, 0.5) is 0 Å². The number of carbonyl (C=O) groups is 5. The van der Waals surface area contributed by atoms with Crippen molar-refractivity contribution in [2.24, 2.45) is 5.41 Å². The molecule has 2 fully saturated rings. The SMILES string of the molecule is COc1ccc(C(=O)N2C[C@H](Oc3ccc(CCC(=O)N[C@H](C(=O)N4C[C@H](O)C[C@H]4C(=O)NCc4ccc(-c5scnc5C)cc4)C(C)(C)C)c(OC)c3)C[C@H]2C(=O)NCc2ccc(-c3scnc3C)cc2)c(C)c1. The first-order valence-electron chi connectivity index (χ1n) is 25.0. The molecule has 4 aromatic carbocycles. The summed E-state index contributed by atoms with van der Waals surface area (Å²) in [6.07, 6.45) is -0.854. The van der Waals surface area contributed by atoms with Crippen LogP contribution in [0.3, 0.4) is 0 Å². The van der Waals surface area contributed by atoms with Crippen molar-refractivity contribution in [2.45, 2.75) is 111 Å². The number of β-amino-alcohol motifs (C(OH)–C–C–N with tert-alkyl or cyclic N) is 1. The second-order valence-electron chi connectivity index (χ2n) is 20.2. The van der Waals surface area contributed by atoms with Gasteiger partial charge in [-0.2, -0.15) is 0 Å². The standard InChI is InChI=1S/C57H65N7O9S2/c1-33-23-42(71-7)20-21-45(33)55(69)64-30-44(25-47(64)54(68)59-28-37-11-15-40(16-12-37)51-35(3)61-32-75-51)73-43-19-17-38(48(26-43)72-8)18-22-49(66)62-52(57(4,5)6)56(70)63-29-41(65)24-46(63)53(67)58-27-36-9-13-39(14-10-36)50-34(2)60-31-74-50/h9-17,19-21,23,26,31-32,41,44,46-47,52,65H,18,22,24-25,27-30H2,1-8H3,(H,58,67)(H,59,68)(H,62,66)/t41-,44-,46+,47+,52-/m1/s1. The van der Waals surface area contributed by atoms with E-state index in [1.165, 1.54) is 12.0 Å². The highest BCUT2D eigenvalue weighted by atomic mass is 32.1. The molecule has 0 spiro atoms. The van der Waals surface area contributed by atoms with Crippen LogP contribution >= 0.6 is 22.7 Å². The summed E-state index contributed by atoms with van der Waals surface area (Å²) in [5, 5.41) is 19.7. The van der Waals surface area contributed by atoms with Crippen molar-refractivity contribution in [1.82, 2.24) is 35.7 Å². The van der Waals surface area contributed by atoms with Crippen LogP contribution in [0.2, 0.25) is 0 Å². The van der Waals surface area contributed by atoms with Gasteiger partial charge >= 0.3 is 0 Å². The molecule has 2 aliphatic heterocycles. The molecule has 0 saturated carbocycles. The lowest BCUT2D eigenvalue weighted by molar-refractivity contribution is -0.144. The number of hydrogen-bond acceptors (Lipinski definition) is 13. The first kappa shape index (κ1) is 54.1. The zero-order valence-corrected chi connectivity index (χ0v) is 45.2. The maximum Gasteiger partial charge on any atom is 0.254 e. The van der Waals surface area contributed by atoms with Crippen molar-refractivity contribution in [1.29, 1.82) is 0 Å². The normalized spacial score (nSPS) is 17.8. The van der Waals surface area contributed by atoms with Crippen LogP contribution in [0, 0.1) is 26.2 Å². The van der Waals surface area contributed by atoms with Crippen LogP contribution in [0.5, 0.6) is 17.2 Å². The van der Waals surface area contributed by atoms with E-state index in [9.17, 15) is 29.1 Å². The predicted molar refractivity (Wildman–Crippen MR) is 289 cm³/mol. The number of rotatable bonds is 18. The molecule has 18 heteroatoms. The summed E-state index contributed by atoms with van der Waals surface area (Å²) in [4.78, 5) is 83.7. The van der Waals surface area contributed by atoms with E-state index in [-0.39, 0.29) is 75.5 Å². The van der Waals surface area contributed by atoms with Gasteiger partial charge in [-0.1, -0.05) is 75.4 Å². The third-order valence-corrected chi connectivity index (χ3v) is 15.8. The minimum Gasteiger partial charge on any atom is -0.497 e. The quantitative estimate of drug-likeness (QED) is 0.0661. The van der Waals surface area contributed by atoms with E-state index >= 15 is 0 Å². The summed E-state index contributed by atoms with van der Waals surface area (Å²) in [7, 11) is 3.09. The Bertz CT molecular complexity index is 3020. The lowest BCUT2D eigenvalue weighted by atomic mass is 9.85. The number of amides is 5. The van der Waals surface area contributed by atoms with E-state index in [1.54, 1.807) is 65.0 Å². The number of likely N-dealkylation sites (tertiary alicyclic amines) is 2. The minimum atomic E-state index is -0.992. The Labute approximate surface area is 445 Å². The summed E-state index contributed by atoms with van der Waals surface area (Å²) in [6.45, 7) is 11.9. The molecule has 75 heavy (non-hydrogen) atoms. The van der Waals surface area contributed by atoms with Gasteiger partial charge in [0.2, 0.25) is 23.6 Å². The van der Waals surface area contributed by atoms with Gasteiger partial charge < -0.3 is 45.1 Å². The van der Waals surface area contributed by atoms with E-state index < -0.39 is 41.7 Å². The fourth-order valence-electron chi connectivity index (χ4n) is 9.63. The topological polar surface area (TPSA) is 202 Å². The highest BCUT2D eigenvalue weighted by Gasteiger charge is 2.45. The molecule has 0 bridgehead atoms. The summed E-state index contributed by atoms with van der Waals surface area (Å²) in [5.74, 6) is -0.262. The fourth-order valence-corrected chi connectivity index (χ4v) is 11.3. The maximum atomic E-state index is 14.3. The van der Waals surface area contributed by atoms with Gasteiger partial charge in [0, 0.05) is 50.5 Å². The molecule has 0 unspecified atom stereocenters. The number of benzene rings is 4. The third kappa shape index (κ3) is 12.9. The van der Waals surface area contributed by atoms with E-state index in [1.807, 2.05) is 107 Å². The fraction of sp³-hybridized carbons (Fsp3) is 0.386. The highest BCUT2D eigenvalue weighted by Crippen LogP contribution is 2.33. The molecular weight excluding hydrogens is 991 g/mol. The zero-order valence-electron chi connectivity index (χ0n) is 43.6. The number of hydrogen-bond donors (Lipinski definition) is 4. The smallest absolute Gasteiger partial charge is 0.254 e. The van der Waals surface area contributed by atoms with Crippen molar-refractivity contribution in [3.63, 3.8) is 0 Å². The van der Waals surface area contributed by atoms with Crippen LogP contribution in [-0.2, 0) is 38.7 Å². The molecule has 0 radical (unpaired) electrons. The van der Waals surface area contributed by atoms with Crippen LogP contribution in [0.1, 0.15) is 84.0 Å². The summed E-state index contributed by atoms with van der Waals surface area (Å²) in [6, 6.07) is 23.6. The van der Waals surface area contributed by atoms with Gasteiger partial charge in [-0.05, 0) is 90.3 Å². The average Bonchev–Trinajstić information content (AvgIpc) is 4.23. The van der Waals surface area contributed by atoms with E-state index in [4.69, 9.17) is 14.2 Å². The molecule has 2 saturated heterocycles. The number of ether oxygens (including phenoxy) is 3. The zero-order chi connectivity index (χ0) is 53.6. The Hall–Kier alpha value is -7.15. The molecule has 5 atom stereocenters. The van der Waals surface area contributed by atoms with E-state index in [2.05, 4.69) is 25.9 Å². The van der Waals surface area contributed by atoms with Gasteiger partial charge in [0.15, 0.2) is 0 Å². The Kier molecular flexibility index (Phi) is 17.0. The first-order valence-corrected chi connectivity index (χ1v) is 26.8. The van der Waals surface area contributed by atoms with Crippen LogP contribution in [0.15, 0.2) is 96.0 Å². The number of thiazole rings is 2. The predicted octanol–water partition coefficient (Wildman–Crippen LogP) is 7.60. The second-order valence-corrected chi connectivity index (χ2v) is 21.9. The number of aromatic nitrogens is 2. The molecular formula is C57H65N7O9S2. The molecule has 2 aliphatic rings. The molecule has 8 rings (SSSR count). The molecule has 5 amide bonds. The third-order valence-electron chi connectivity index (χ3n) is 13.8. The molecule has 394 valence electrons. The Morgan fingerprint density at radius 2 is 1.29 bits per heavy atom. The maximum absolute atomic E-state index is 14.3. The number of carbonyl (C=O) groups excluding carboxylic acids is 5. The molecule has 0 aliphatic carbocycles. The monoisotopic (exact) mass is 1060 g/mol. The van der Waals surface area contributed by atoms with Crippen molar-refractivity contribution >= 4 is 52.2 Å². The molecule has 4 N–H and O–H groups in total. The van der Waals surface area contributed by atoms with E-state index in [0.717, 1.165) is 49.0 Å². The summed E-state index contributed by atoms with van der Waals surface area (Å²) in [5.41, 5.74) is 10.6. The van der Waals surface area contributed by atoms with Gasteiger partial charge in [0.05, 0.1) is 59.0 Å². The van der Waals surface area contributed by atoms with Gasteiger partial charge in [0.25, 0.3) is 5.91 Å². The van der Waals surface area contributed by atoms with Crippen molar-refractivity contribution < 1.29 is 43.3 Å². The molecule has 4 heterocycles. The lowest BCUT2D eigenvalue weighted by Gasteiger charge is -2.35. The Balaban J connectivity index is 0.887. The average molecular weight is 1060 g/mol. The van der Waals surface area contributed by atoms with Crippen molar-refractivity contribution in [2.75, 3.05) is 27.3 Å². The summed E-state index contributed by atoms with van der Waals surface area (Å²) < 4.78 is 17.7. The van der Waals surface area contributed by atoms with Gasteiger partial charge in [0.1, 0.15) is 41.5 Å². The summed E-state index contributed by atoms with van der Waals surface area (Å²) >= 11 is 3.14. The number of methoxy groups -OCH3 is 2. The highest BCUT2D eigenvalue weighted by molar-refractivity contribution is 7.13. The van der Waals surface area contributed by atoms with Gasteiger partial charge in [-0.15, -0.1) is 22.7 Å². The van der Waals surface area contributed by atoms with Crippen LogP contribution in [0.25, 0.3) is 20.9 Å². The van der Waals surface area contributed by atoms with E-state index in [0.29, 0.717) is 28.4 Å². The minimum absolute atomic E-state index is 0.0154. The Morgan fingerprint density at radius 1 is 0.720 bits per heavy atom. The lowest BCUT2D eigenvalue weighted by Crippen LogP contribution is -2.57. The second kappa shape index (κ2) is 23.6.